The van der Waals surface area contributed by atoms with Gasteiger partial charge in [0.2, 0.25) is 0 Å². The van der Waals surface area contributed by atoms with Gasteiger partial charge in [-0.1, -0.05) is 13.0 Å². The molecule has 1 fully saturated rings. The van der Waals surface area contributed by atoms with Crippen LogP contribution in [0, 0.1) is 5.92 Å². The van der Waals surface area contributed by atoms with E-state index in [0.717, 1.165) is 25.7 Å². The molecule has 1 aliphatic rings. The number of nitrogens with one attached hydrogen (secondary N) is 1. The predicted octanol–water partition coefficient (Wildman–Crippen LogP) is 2.60. The standard InChI is InChI=1S/C19H23N3O3/c1-3-11-22-17-14(5-4-10-20-17)16(23)15(19(22)25)18(24)21-13-8-6-12(2)7-9-13/h3-5,10,12-13,23H,1,6-9,11H2,2H3,(H,21,24). The Labute approximate surface area is 146 Å². The van der Waals surface area contributed by atoms with Gasteiger partial charge in [-0.3, -0.25) is 14.2 Å². The van der Waals surface area contributed by atoms with Gasteiger partial charge in [0.1, 0.15) is 17.0 Å². The van der Waals surface area contributed by atoms with Crippen LogP contribution in [0.3, 0.4) is 0 Å². The van der Waals surface area contributed by atoms with Crippen LogP contribution >= 0.6 is 0 Å². The second kappa shape index (κ2) is 7.09. The molecule has 2 heterocycles. The molecular weight excluding hydrogens is 318 g/mol. The first kappa shape index (κ1) is 17.2. The van der Waals surface area contributed by atoms with Gasteiger partial charge in [-0.2, -0.15) is 0 Å². The summed E-state index contributed by atoms with van der Waals surface area (Å²) in [4.78, 5) is 29.7. The van der Waals surface area contributed by atoms with E-state index in [2.05, 4.69) is 23.8 Å². The molecule has 6 heteroatoms. The fourth-order valence-electron chi connectivity index (χ4n) is 3.43. The van der Waals surface area contributed by atoms with Gasteiger partial charge in [-0.15, -0.1) is 6.58 Å². The van der Waals surface area contributed by atoms with Crippen LogP contribution in [-0.2, 0) is 6.54 Å². The van der Waals surface area contributed by atoms with E-state index in [4.69, 9.17) is 0 Å². The van der Waals surface area contributed by atoms with E-state index in [-0.39, 0.29) is 23.9 Å². The predicted molar refractivity (Wildman–Crippen MR) is 96.8 cm³/mol. The number of aromatic nitrogens is 2. The van der Waals surface area contributed by atoms with Crippen LogP contribution in [0.25, 0.3) is 11.0 Å². The van der Waals surface area contributed by atoms with Crippen molar-refractivity contribution in [3.8, 4) is 5.75 Å². The zero-order valence-corrected chi connectivity index (χ0v) is 14.4. The third kappa shape index (κ3) is 3.29. The molecule has 25 heavy (non-hydrogen) atoms. The number of pyridine rings is 2. The molecule has 0 bridgehead atoms. The molecule has 0 radical (unpaired) electrons. The normalized spacial score (nSPS) is 20.4. The molecule has 2 aromatic heterocycles. The third-order valence-corrected chi connectivity index (χ3v) is 4.88. The van der Waals surface area contributed by atoms with Gasteiger partial charge in [0.05, 0.1) is 5.39 Å². The van der Waals surface area contributed by atoms with Crippen LogP contribution in [0.15, 0.2) is 35.8 Å². The van der Waals surface area contributed by atoms with Gasteiger partial charge in [-0.05, 0) is 43.7 Å². The van der Waals surface area contributed by atoms with E-state index in [1.165, 1.54) is 4.57 Å². The largest absolute Gasteiger partial charge is 0.506 e. The van der Waals surface area contributed by atoms with Crippen LogP contribution in [0.5, 0.6) is 5.75 Å². The van der Waals surface area contributed by atoms with Crippen molar-refractivity contribution in [2.75, 3.05) is 0 Å². The Kier molecular flexibility index (Phi) is 4.88. The summed E-state index contributed by atoms with van der Waals surface area (Å²) in [5, 5.41) is 13.8. The van der Waals surface area contributed by atoms with Crippen molar-refractivity contribution >= 4 is 16.9 Å². The smallest absolute Gasteiger partial charge is 0.269 e. The molecule has 0 saturated heterocycles. The number of amides is 1. The second-order valence-corrected chi connectivity index (χ2v) is 6.73. The summed E-state index contributed by atoms with van der Waals surface area (Å²) in [7, 11) is 0. The lowest BCUT2D eigenvalue weighted by Crippen LogP contribution is -2.40. The van der Waals surface area contributed by atoms with Crippen LogP contribution in [0.4, 0.5) is 0 Å². The number of nitrogens with zero attached hydrogens (tertiary/aromatic N) is 2. The first-order valence-corrected chi connectivity index (χ1v) is 8.65. The lowest BCUT2D eigenvalue weighted by molar-refractivity contribution is 0.0918. The Bertz CT molecular complexity index is 864. The van der Waals surface area contributed by atoms with Crippen molar-refractivity contribution in [3.63, 3.8) is 0 Å². The van der Waals surface area contributed by atoms with E-state index in [1.54, 1.807) is 24.4 Å². The van der Waals surface area contributed by atoms with E-state index >= 15 is 0 Å². The number of rotatable bonds is 4. The Morgan fingerprint density at radius 2 is 2.16 bits per heavy atom. The number of hydrogen-bond acceptors (Lipinski definition) is 4. The Morgan fingerprint density at radius 3 is 2.84 bits per heavy atom. The quantitative estimate of drug-likeness (QED) is 0.837. The molecule has 0 unspecified atom stereocenters. The zero-order valence-electron chi connectivity index (χ0n) is 14.4. The number of carbonyl (C=O) groups is 1. The number of hydrogen-bond donors (Lipinski definition) is 2. The third-order valence-electron chi connectivity index (χ3n) is 4.88. The molecule has 6 nitrogen and oxygen atoms in total. The van der Waals surface area contributed by atoms with Crippen LogP contribution in [0.1, 0.15) is 43.0 Å². The van der Waals surface area contributed by atoms with E-state index < -0.39 is 11.5 Å². The maximum atomic E-state index is 12.8. The highest BCUT2D eigenvalue weighted by atomic mass is 16.3. The van der Waals surface area contributed by atoms with Crippen molar-refractivity contribution in [3.05, 3.63) is 46.9 Å². The van der Waals surface area contributed by atoms with Gasteiger partial charge in [-0.25, -0.2) is 4.98 Å². The first-order valence-electron chi connectivity index (χ1n) is 8.65. The molecule has 2 N–H and O–H groups in total. The van der Waals surface area contributed by atoms with E-state index in [9.17, 15) is 14.7 Å². The highest BCUT2D eigenvalue weighted by Gasteiger charge is 2.26. The molecule has 0 atom stereocenters. The highest BCUT2D eigenvalue weighted by Crippen LogP contribution is 2.27. The van der Waals surface area contributed by atoms with Crippen molar-refractivity contribution in [2.45, 2.75) is 45.2 Å². The fourth-order valence-corrected chi connectivity index (χ4v) is 3.43. The monoisotopic (exact) mass is 341 g/mol. The van der Waals surface area contributed by atoms with E-state index in [1.807, 2.05) is 0 Å². The Balaban J connectivity index is 2.01. The maximum absolute atomic E-state index is 12.8. The topological polar surface area (TPSA) is 84.2 Å². The average Bonchev–Trinajstić information content (AvgIpc) is 2.61. The van der Waals surface area contributed by atoms with Gasteiger partial charge in [0, 0.05) is 18.8 Å². The molecule has 0 spiro atoms. The van der Waals surface area contributed by atoms with Crippen LogP contribution in [0.2, 0.25) is 0 Å². The second-order valence-electron chi connectivity index (χ2n) is 6.73. The lowest BCUT2D eigenvalue weighted by Gasteiger charge is -2.27. The minimum absolute atomic E-state index is 0.0416. The minimum atomic E-state index is -0.551. The number of allylic oxidation sites excluding steroid dienone is 1. The highest BCUT2D eigenvalue weighted by molar-refractivity contribution is 6.01. The summed E-state index contributed by atoms with van der Waals surface area (Å²) >= 11 is 0. The number of aromatic hydroxyl groups is 1. The molecular formula is C19H23N3O3. The number of fused-ring (bicyclic) bond motifs is 1. The summed E-state index contributed by atoms with van der Waals surface area (Å²) in [6.45, 7) is 6.07. The summed E-state index contributed by atoms with van der Waals surface area (Å²) in [6.07, 6.45) is 7.01. The molecule has 1 amide bonds. The molecule has 132 valence electrons. The summed E-state index contributed by atoms with van der Waals surface area (Å²) in [5.74, 6) is -0.168. The Hall–Kier alpha value is -2.63. The van der Waals surface area contributed by atoms with Crippen LogP contribution in [-0.4, -0.2) is 26.6 Å². The SMILES string of the molecule is C=CCn1c(=O)c(C(=O)NC2CCC(C)CC2)c(O)c2cccnc21. The molecule has 0 aromatic carbocycles. The maximum Gasteiger partial charge on any atom is 0.269 e. The summed E-state index contributed by atoms with van der Waals surface area (Å²) in [6, 6.07) is 3.35. The minimum Gasteiger partial charge on any atom is -0.506 e. The van der Waals surface area contributed by atoms with Gasteiger partial charge in [0.25, 0.3) is 11.5 Å². The summed E-state index contributed by atoms with van der Waals surface area (Å²) in [5.41, 5.74) is -0.431. The Morgan fingerprint density at radius 1 is 1.44 bits per heavy atom. The molecule has 1 aliphatic carbocycles. The van der Waals surface area contributed by atoms with Crippen molar-refractivity contribution in [1.82, 2.24) is 14.9 Å². The summed E-state index contributed by atoms with van der Waals surface area (Å²) < 4.78 is 1.36. The molecule has 0 aliphatic heterocycles. The number of carbonyl (C=O) groups excluding carboxylic acids is 1. The first-order chi connectivity index (χ1) is 12.0. The van der Waals surface area contributed by atoms with Crippen molar-refractivity contribution < 1.29 is 9.90 Å². The van der Waals surface area contributed by atoms with Crippen molar-refractivity contribution in [1.29, 1.82) is 0 Å². The molecule has 2 aromatic rings. The average molecular weight is 341 g/mol. The van der Waals surface area contributed by atoms with Gasteiger partial charge in [0.15, 0.2) is 0 Å². The van der Waals surface area contributed by atoms with Crippen molar-refractivity contribution in [2.24, 2.45) is 5.92 Å². The van der Waals surface area contributed by atoms with E-state index in [0.29, 0.717) is 17.0 Å². The van der Waals surface area contributed by atoms with Gasteiger partial charge >= 0.3 is 0 Å². The lowest BCUT2D eigenvalue weighted by atomic mass is 9.87. The van der Waals surface area contributed by atoms with Gasteiger partial charge < -0.3 is 10.4 Å². The van der Waals surface area contributed by atoms with Crippen LogP contribution < -0.4 is 10.9 Å². The fraction of sp³-hybridized carbons (Fsp3) is 0.421. The molecule has 3 rings (SSSR count). The molecule has 1 saturated carbocycles. The zero-order chi connectivity index (χ0) is 18.0.